The second-order valence-corrected chi connectivity index (χ2v) is 9.64. The molecule has 4 aromatic heterocycles. The Hall–Kier alpha value is -3.67. The van der Waals surface area contributed by atoms with Gasteiger partial charge in [-0.2, -0.15) is 0 Å². The van der Waals surface area contributed by atoms with Gasteiger partial charge in [-0.15, -0.1) is 0 Å². The highest BCUT2D eigenvalue weighted by Crippen LogP contribution is 2.36. The molecular formula is C28H30N5O+. The summed E-state index contributed by atoms with van der Waals surface area (Å²) in [6.07, 6.45) is 2.09. The van der Waals surface area contributed by atoms with Crippen LogP contribution in [0.1, 0.15) is 62.4 Å². The molecule has 0 saturated carbocycles. The maximum absolute atomic E-state index is 6.30. The van der Waals surface area contributed by atoms with Gasteiger partial charge in [-0.25, -0.2) is 24.5 Å². The summed E-state index contributed by atoms with van der Waals surface area (Å²) < 4.78 is 8.42. The Morgan fingerprint density at radius 3 is 2.09 bits per heavy atom. The Labute approximate surface area is 199 Å². The fourth-order valence-corrected chi connectivity index (χ4v) is 4.28. The zero-order chi connectivity index (χ0) is 24.1. The van der Waals surface area contributed by atoms with Crippen LogP contribution in [-0.4, -0.2) is 19.9 Å². The molecule has 0 bridgehead atoms. The van der Waals surface area contributed by atoms with Crippen LogP contribution in [0.4, 0.5) is 0 Å². The molecule has 0 aliphatic carbocycles. The highest BCUT2D eigenvalue weighted by Gasteiger charge is 2.22. The maximum Gasteiger partial charge on any atom is 0.227 e. The topological polar surface area (TPSA) is 68.6 Å². The summed E-state index contributed by atoms with van der Waals surface area (Å²) in [5.41, 5.74) is 6.72. The van der Waals surface area contributed by atoms with Crippen molar-refractivity contribution in [2.75, 3.05) is 0 Å². The average Bonchev–Trinajstić information content (AvgIpc) is 3.16. The van der Waals surface area contributed by atoms with Crippen LogP contribution < -0.4 is 4.57 Å². The molecule has 0 atom stereocenters. The second-order valence-electron chi connectivity index (χ2n) is 9.64. The number of pyridine rings is 2. The summed E-state index contributed by atoms with van der Waals surface area (Å²) in [6.45, 7) is 12.5. The largest absolute Gasteiger partial charge is 0.437 e. The van der Waals surface area contributed by atoms with E-state index in [1.807, 2.05) is 13.0 Å². The molecule has 5 rings (SSSR count). The minimum atomic E-state index is 0.234. The van der Waals surface area contributed by atoms with E-state index in [-0.39, 0.29) is 11.8 Å². The van der Waals surface area contributed by atoms with Gasteiger partial charge < -0.3 is 4.42 Å². The number of furan rings is 1. The summed E-state index contributed by atoms with van der Waals surface area (Å²) in [6, 6.07) is 12.6. The lowest BCUT2D eigenvalue weighted by atomic mass is 10.0. The van der Waals surface area contributed by atoms with Gasteiger partial charge >= 0.3 is 0 Å². The quantitative estimate of drug-likeness (QED) is 0.304. The van der Waals surface area contributed by atoms with Gasteiger partial charge in [-0.1, -0.05) is 39.8 Å². The van der Waals surface area contributed by atoms with Crippen LogP contribution in [0.25, 0.3) is 44.7 Å². The van der Waals surface area contributed by atoms with E-state index in [2.05, 4.69) is 92.7 Å². The van der Waals surface area contributed by atoms with E-state index in [0.29, 0.717) is 11.5 Å². The van der Waals surface area contributed by atoms with E-state index in [4.69, 9.17) is 14.4 Å². The van der Waals surface area contributed by atoms with Gasteiger partial charge in [-0.05, 0) is 37.6 Å². The predicted octanol–water partition coefficient (Wildman–Crippen LogP) is 6.19. The van der Waals surface area contributed by atoms with Gasteiger partial charge in [0.1, 0.15) is 18.7 Å². The van der Waals surface area contributed by atoms with Crippen molar-refractivity contribution in [2.45, 2.75) is 53.4 Å². The van der Waals surface area contributed by atoms with E-state index in [1.165, 1.54) is 0 Å². The smallest absolute Gasteiger partial charge is 0.227 e. The molecule has 0 aliphatic heterocycles. The molecule has 0 N–H and O–H groups in total. The second kappa shape index (κ2) is 8.28. The van der Waals surface area contributed by atoms with E-state index < -0.39 is 0 Å². The third-order valence-corrected chi connectivity index (χ3v) is 6.21. The van der Waals surface area contributed by atoms with Crippen LogP contribution in [0.5, 0.6) is 0 Å². The summed E-state index contributed by atoms with van der Waals surface area (Å²) in [5, 5.41) is 2.11. The molecule has 0 aliphatic rings. The lowest BCUT2D eigenvalue weighted by molar-refractivity contribution is -0.659. The molecule has 0 fully saturated rings. The van der Waals surface area contributed by atoms with Crippen molar-refractivity contribution in [1.82, 2.24) is 19.9 Å². The van der Waals surface area contributed by atoms with E-state index in [9.17, 15) is 0 Å². The minimum absolute atomic E-state index is 0.234. The van der Waals surface area contributed by atoms with Gasteiger partial charge in [0, 0.05) is 34.4 Å². The van der Waals surface area contributed by atoms with Crippen molar-refractivity contribution in [3.63, 3.8) is 0 Å². The van der Waals surface area contributed by atoms with Crippen LogP contribution in [0.15, 0.2) is 47.0 Å². The Balaban J connectivity index is 1.67. The van der Waals surface area contributed by atoms with Crippen LogP contribution >= 0.6 is 0 Å². The molecule has 6 heteroatoms. The zero-order valence-corrected chi connectivity index (χ0v) is 20.8. The molecule has 4 heterocycles. The number of benzene rings is 1. The number of hydrogen-bond donors (Lipinski definition) is 0. The van der Waals surface area contributed by atoms with E-state index in [0.717, 1.165) is 56.1 Å². The molecule has 34 heavy (non-hydrogen) atoms. The first kappa shape index (κ1) is 22.1. The standard InChI is InChI=1S/C28H30N5O/c1-15(2)25-30-26(16(3)4)32-27(31-25)19-10-13-22(33(7)14-19)23-17(5)8-11-20-21-12-9-18(6)29-28(21)34-24(20)23/h8-16H,1-7H3/q+1. The summed E-state index contributed by atoms with van der Waals surface area (Å²) in [4.78, 5) is 18.8. The lowest BCUT2D eigenvalue weighted by Crippen LogP contribution is -2.31. The van der Waals surface area contributed by atoms with Crippen LogP contribution in [0.3, 0.4) is 0 Å². The molecule has 0 spiro atoms. The minimum Gasteiger partial charge on any atom is -0.437 e. The normalized spacial score (nSPS) is 11.9. The summed E-state index contributed by atoms with van der Waals surface area (Å²) in [7, 11) is 2.05. The number of hydrogen-bond acceptors (Lipinski definition) is 5. The zero-order valence-electron chi connectivity index (χ0n) is 20.8. The first-order chi connectivity index (χ1) is 16.2. The molecule has 0 saturated heterocycles. The molecule has 0 amide bonds. The molecule has 1 aromatic carbocycles. The first-order valence-corrected chi connectivity index (χ1v) is 11.8. The number of rotatable bonds is 4. The lowest BCUT2D eigenvalue weighted by Gasteiger charge is -2.11. The van der Waals surface area contributed by atoms with Crippen molar-refractivity contribution >= 4 is 22.1 Å². The van der Waals surface area contributed by atoms with Crippen molar-refractivity contribution in [3.8, 4) is 22.6 Å². The molecule has 0 radical (unpaired) electrons. The first-order valence-electron chi connectivity index (χ1n) is 11.8. The number of fused-ring (bicyclic) bond motifs is 3. The van der Waals surface area contributed by atoms with Gasteiger partial charge in [-0.3, -0.25) is 0 Å². The number of nitrogens with zero attached hydrogens (tertiary/aromatic N) is 5. The van der Waals surface area contributed by atoms with Crippen LogP contribution in [-0.2, 0) is 7.05 Å². The van der Waals surface area contributed by atoms with Gasteiger partial charge in [0.2, 0.25) is 11.4 Å². The molecule has 6 nitrogen and oxygen atoms in total. The van der Waals surface area contributed by atoms with Gasteiger partial charge in [0.15, 0.2) is 17.6 Å². The van der Waals surface area contributed by atoms with Crippen molar-refractivity contribution in [3.05, 3.63) is 65.5 Å². The van der Waals surface area contributed by atoms with Crippen LogP contribution in [0.2, 0.25) is 0 Å². The predicted molar refractivity (Wildman–Crippen MR) is 135 cm³/mol. The number of aryl methyl sites for hydroxylation is 3. The monoisotopic (exact) mass is 452 g/mol. The van der Waals surface area contributed by atoms with Gasteiger partial charge in [0.05, 0.1) is 11.1 Å². The molecule has 5 aromatic rings. The maximum atomic E-state index is 6.30. The SMILES string of the molecule is Cc1ccc2c(n1)oc1c(-c3ccc(-c4nc(C(C)C)nc(C(C)C)n4)c[n+]3C)c(C)ccc12. The Morgan fingerprint density at radius 2 is 1.44 bits per heavy atom. The van der Waals surface area contributed by atoms with Crippen molar-refractivity contribution in [2.24, 2.45) is 7.05 Å². The average molecular weight is 453 g/mol. The summed E-state index contributed by atoms with van der Waals surface area (Å²) in [5.74, 6) is 2.83. The fraction of sp³-hybridized carbons (Fsp3) is 0.321. The highest BCUT2D eigenvalue weighted by atomic mass is 16.3. The Kier molecular flexibility index (Phi) is 5.39. The summed E-state index contributed by atoms with van der Waals surface area (Å²) >= 11 is 0. The fourth-order valence-electron chi connectivity index (χ4n) is 4.28. The molecule has 0 unspecified atom stereocenters. The van der Waals surface area contributed by atoms with Crippen molar-refractivity contribution in [1.29, 1.82) is 0 Å². The third kappa shape index (κ3) is 3.73. The Morgan fingerprint density at radius 1 is 0.765 bits per heavy atom. The number of aromatic nitrogens is 5. The molecular weight excluding hydrogens is 422 g/mol. The van der Waals surface area contributed by atoms with Crippen molar-refractivity contribution < 1.29 is 8.98 Å². The van der Waals surface area contributed by atoms with Gasteiger partial charge in [0.25, 0.3) is 0 Å². The highest BCUT2D eigenvalue weighted by molar-refractivity contribution is 6.08. The van der Waals surface area contributed by atoms with E-state index >= 15 is 0 Å². The third-order valence-electron chi connectivity index (χ3n) is 6.21. The Bertz CT molecular complexity index is 1520. The van der Waals surface area contributed by atoms with E-state index in [1.54, 1.807) is 0 Å². The van der Waals surface area contributed by atoms with Crippen LogP contribution in [0, 0.1) is 13.8 Å². The molecule has 172 valence electrons.